The summed E-state index contributed by atoms with van der Waals surface area (Å²) < 4.78 is 0. The van der Waals surface area contributed by atoms with Crippen molar-refractivity contribution in [2.75, 3.05) is 19.6 Å². The van der Waals surface area contributed by atoms with Crippen molar-refractivity contribution in [3.8, 4) is 0 Å². The van der Waals surface area contributed by atoms with Gasteiger partial charge in [0.05, 0.1) is 0 Å². The molecule has 1 saturated heterocycles. The van der Waals surface area contributed by atoms with E-state index in [9.17, 15) is 9.59 Å². The smallest absolute Gasteiger partial charge is 0.242 e. The molecule has 0 aromatic carbocycles. The zero-order valence-corrected chi connectivity index (χ0v) is 19.4. The van der Waals surface area contributed by atoms with Gasteiger partial charge in [0.2, 0.25) is 11.8 Å². The average molecular weight is 418 g/mol. The molecule has 2 atom stereocenters. The maximum Gasteiger partial charge on any atom is 0.242 e. The van der Waals surface area contributed by atoms with Crippen LogP contribution in [0, 0.1) is 29.1 Å². The molecule has 0 spiro atoms. The fourth-order valence-electron chi connectivity index (χ4n) is 7.31. The molecule has 5 heteroatoms. The minimum absolute atomic E-state index is 0.00484. The molecule has 0 aromatic rings. The van der Waals surface area contributed by atoms with Crippen molar-refractivity contribution in [2.24, 2.45) is 29.1 Å². The monoisotopic (exact) mass is 417 g/mol. The Labute approximate surface area is 183 Å². The van der Waals surface area contributed by atoms with Crippen LogP contribution in [-0.4, -0.2) is 48.4 Å². The topological polar surface area (TPSA) is 61.4 Å². The second-order valence-corrected chi connectivity index (χ2v) is 11.4. The number of rotatable bonds is 8. The maximum absolute atomic E-state index is 13.4. The van der Waals surface area contributed by atoms with E-state index in [1.165, 1.54) is 45.1 Å². The van der Waals surface area contributed by atoms with Gasteiger partial charge in [0, 0.05) is 24.5 Å². The summed E-state index contributed by atoms with van der Waals surface area (Å²) in [5.41, 5.74) is -0.188. The van der Waals surface area contributed by atoms with Gasteiger partial charge in [-0.3, -0.25) is 9.59 Å². The molecule has 4 aliphatic carbocycles. The van der Waals surface area contributed by atoms with Gasteiger partial charge in [-0.05, 0) is 94.9 Å². The van der Waals surface area contributed by atoms with Gasteiger partial charge in [0.25, 0.3) is 0 Å². The lowest BCUT2D eigenvalue weighted by Crippen LogP contribution is -2.58. The Hall–Kier alpha value is -1.10. The quantitative estimate of drug-likeness (QED) is 0.592. The number of nitrogens with one attached hydrogen (secondary N) is 2. The van der Waals surface area contributed by atoms with Crippen molar-refractivity contribution in [2.45, 2.75) is 97.1 Å². The first kappa shape index (κ1) is 22.1. The van der Waals surface area contributed by atoms with Crippen molar-refractivity contribution < 1.29 is 9.59 Å². The number of amides is 2. The average Bonchev–Trinajstić information content (AvgIpc) is 2.69. The van der Waals surface area contributed by atoms with Crippen molar-refractivity contribution in [1.29, 1.82) is 0 Å². The lowest BCUT2D eigenvalue weighted by Gasteiger charge is -2.55. The molecular weight excluding hydrogens is 374 g/mol. The largest absolute Gasteiger partial charge is 0.354 e. The van der Waals surface area contributed by atoms with Crippen LogP contribution in [-0.2, 0) is 9.59 Å². The minimum Gasteiger partial charge on any atom is -0.354 e. The van der Waals surface area contributed by atoms with Gasteiger partial charge in [-0.2, -0.15) is 0 Å². The molecule has 5 aliphatic rings. The number of piperidine rings is 1. The normalized spacial score (nSPS) is 36.7. The second kappa shape index (κ2) is 9.18. The van der Waals surface area contributed by atoms with Crippen LogP contribution in [0.2, 0.25) is 0 Å². The van der Waals surface area contributed by atoms with Gasteiger partial charge in [0.1, 0.15) is 6.04 Å². The molecular formula is C25H43N3O2. The Bertz CT molecular complexity index is 597. The summed E-state index contributed by atoms with van der Waals surface area (Å²) in [5, 5.41) is 6.33. The first-order valence-electron chi connectivity index (χ1n) is 12.7. The third-order valence-electron chi connectivity index (χ3n) is 8.62. The first-order valence-corrected chi connectivity index (χ1v) is 12.7. The lowest BCUT2D eigenvalue weighted by atomic mass is 9.49. The van der Waals surface area contributed by atoms with Gasteiger partial charge in [-0.25, -0.2) is 0 Å². The fourth-order valence-corrected chi connectivity index (χ4v) is 7.31. The van der Waals surface area contributed by atoms with Gasteiger partial charge in [-0.1, -0.05) is 20.3 Å². The highest BCUT2D eigenvalue weighted by atomic mass is 16.2. The summed E-state index contributed by atoms with van der Waals surface area (Å²) in [4.78, 5) is 28.9. The molecule has 2 N–H and O–H groups in total. The molecule has 4 bridgehead atoms. The fraction of sp³-hybridized carbons (Fsp3) is 0.920. The Morgan fingerprint density at radius 2 is 1.67 bits per heavy atom. The number of hydrogen-bond donors (Lipinski definition) is 2. The van der Waals surface area contributed by atoms with E-state index in [1.54, 1.807) is 0 Å². The molecule has 0 radical (unpaired) electrons. The van der Waals surface area contributed by atoms with Crippen LogP contribution < -0.4 is 10.6 Å². The second-order valence-electron chi connectivity index (χ2n) is 11.4. The van der Waals surface area contributed by atoms with E-state index in [2.05, 4.69) is 22.5 Å². The molecule has 4 saturated carbocycles. The molecule has 2 amide bonds. The Kier molecular flexibility index (Phi) is 6.76. The maximum atomic E-state index is 13.4. The lowest BCUT2D eigenvalue weighted by molar-refractivity contribution is -0.149. The van der Waals surface area contributed by atoms with Gasteiger partial charge >= 0.3 is 0 Å². The zero-order chi connectivity index (χ0) is 21.3. The van der Waals surface area contributed by atoms with Crippen molar-refractivity contribution >= 4 is 11.8 Å². The van der Waals surface area contributed by atoms with E-state index in [-0.39, 0.29) is 23.1 Å². The molecule has 0 unspecified atom stereocenters. The van der Waals surface area contributed by atoms with Crippen molar-refractivity contribution in [3.05, 3.63) is 0 Å². The molecule has 1 heterocycles. The predicted molar refractivity (Wildman–Crippen MR) is 120 cm³/mol. The Morgan fingerprint density at radius 1 is 1.03 bits per heavy atom. The van der Waals surface area contributed by atoms with E-state index in [0.29, 0.717) is 12.6 Å². The number of carbonyl (C=O) groups is 2. The van der Waals surface area contributed by atoms with E-state index >= 15 is 0 Å². The van der Waals surface area contributed by atoms with E-state index in [4.69, 9.17) is 0 Å². The summed E-state index contributed by atoms with van der Waals surface area (Å²) >= 11 is 0. The number of likely N-dealkylation sites (tertiary alicyclic amines) is 1. The van der Waals surface area contributed by atoms with Gasteiger partial charge < -0.3 is 15.5 Å². The molecule has 170 valence electrons. The van der Waals surface area contributed by atoms with Gasteiger partial charge in [0.15, 0.2) is 0 Å². The van der Waals surface area contributed by atoms with Crippen LogP contribution in [0.5, 0.6) is 0 Å². The number of hydrogen-bond acceptors (Lipinski definition) is 3. The predicted octanol–water partition coefficient (Wildman–Crippen LogP) is 3.72. The first-order chi connectivity index (χ1) is 14.4. The van der Waals surface area contributed by atoms with Crippen LogP contribution in [0.3, 0.4) is 0 Å². The van der Waals surface area contributed by atoms with E-state index in [0.717, 1.165) is 50.0 Å². The van der Waals surface area contributed by atoms with Gasteiger partial charge in [-0.15, -0.1) is 0 Å². The van der Waals surface area contributed by atoms with Crippen LogP contribution in [0.15, 0.2) is 0 Å². The Morgan fingerprint density at radius 3 is 2.23 bits per heavy atom. The summed E-state index contributed by atoms with van der Waals surface area (Å²) in [6, 6.07) is 0.247. The zero-order valence-electron chi connectivity index (χ0n) is 19.4. The molecule has 5 fully saturated rings. The molecule has 5 nitrogen and oxygen atoms in total. The summed E-state index contributed by atoms with van der Waals surface area (Å²) in [7, 11) is 0. The molecule has 1 aliphatic heterocycles. The standard InChI is InChI=1S/C25H43N3O2/c1-17(2)22(23(29)26-8-6-10-28-9-5-4-7-18(28)3)27-24(30)25-14-19-11-20(15-25)13-21(12-19)16-25/h17-22H,4-16H2,1-3H3,(H,26,29)(H,27,30)/t18-,19?,20?,21?,22+,25?/m0/s1. The Balaban J connectivity index is 1.27. The minimum atomic E-state index is -0.417. The summed E-state index contributed by atoms with van der Waals surface area (Å²) in [6.07, 6.45) is 12.0. The third kappa shape index (κ3) is 4.71. The summed E-state index contributed by atoms with van der Waals surface area (Å²) in [6.45, 7) is 9.32. The van der Waals surface area contributed by atoms with E-state index in [1.807, 2.05) is 13.8 Å². The van der Waals surface area contributed by atoms with Crippen LogP contribution in [0.25, 0.3) is 0 Å². The highest BCUT2D eigenvalue weighted by Crippen LogP contribution is 2.60. The molecule has 30 heavy (non-hydrogen) atoms. The van der Waals surface area contributed by atoms with Crippen molar-refractivity contribution in [3.63, 3.8) is 0 Å². The molecule has 5 rings (SSSR count). The van der Waals surface area contributed by atoms with E-state index < -0.39 is 6.04 Å². The third-order valence-corrected chi connectivity index (χ3v) is 8.62. The number of nitrogens with zero attached hydrogens (tertiary/aromatic N) is 1. The highest BCUT2D eigenvalue weighted by molar-refractivity contribution is 5.90. The van der Waals surface area contributed by atoms with Crippen LogP contribution >= 0.6 is 0 Å². The highest BCUT2D eigenvalue weighted by Gasteiger charge is 2.55. The van der Waals surface area contributed by atoms with Crippen molar-refractivity contribution in [1.82, 2.24) is 15.5 Å². The molecule has 0 aromatic heterocycles. The van der Waals surface area contributed by atoms with Crippen LogP contribution in [0.4, 0.5) is 0 Å². The summed E-state index contributed by atoms with van der Waals surface area (Å²) in [5.74, 6) is 2.49. The number of carbonyl (C=O) groups excluding carboxylic acids is 2. The SMILES string of the molecule is CC(C)[C@@H](NC(=O)C12CC3CC(CC(C3)C1)C2)C(=O)NCCCN1CCCC[C@@H]1C. The van der Waals surface area contributed by atoms with Crippen LogP contribution in [0.1, 0.15) is 85.0 Å².